The van der Waals surface area contributed by atoms with Crippen molar-refractivity contribution in [3.8, 4) is 6.07 Å². The summed E-state index contributed by atoms with van der Waals surface area (Å²) in [7, 11) is 0. The predicted octanol–water partition coefficient (Wildman–Crippen LogP) is 3.20. The number of aliphatic imine (C=N–C) groups is 1. The van der Waals surface area contributed by atoms with Gasteiger partial charge in [0.1, 0.15) is 5.82 Å². The van der Waals surface area contributed by atoms with Gasteiger partial charge < -0.3 is 15.1 Å². The molecule has 148 valence electrons. The Hall–Kier alpha value is -1.40. The molecule has 0 saturated carbocycles. The molecule has 1 unspecified atom stereocenters. The molecule has 2 fully saturated rings. The first kappa shape index (κ1) is 21.9. The van der Waals surface area contributed by atoms with E-state index in [4.69, 9.17) is 5.26 Å². The van der Waals surface area contributed by atoms with Gasteiger partial charge in [-0.1, -0.05) is 0 Å². The second-order valence-electron chi connectivity index (χ2n) is 7.20. The first-order valence-corrected chi connectivity index (χ1v) is 9.63. The minimum Gasteiger partial charge on any atom is -0.357 e. The van der Waals surface area contributed by atoms with E-state index in [2.05, 4.69) is 26.2 Å². The van der Waals surface area contributed by atoms with Crippen LogP contribution in [0.1, 0.15) is 37.3 Å². The molecule has 0 bridgehead atoms. The Morgan fingerprint density at radius 2 is 2.11 bits per heavy atom. The lowest BCUT2D eigenvalue weighted by Gasteiger charge is -2.23. The number of rotatable bonds is 5. The molecule has 27 heavy (non-hydrogen) atoms. The topological polar surface area (TPSA) is 54.7 Å². The van der Waals surface area contributed by atoms with E-state index in [1.165, 1.54) is 51.0 Å². The lowest BCUT2D eigenvalue weighted by atomic mass is 10.1. The van der Waals surface area contributed by atoms with E-state index in [9.17, 15) is 4.39 Å². The molecule has 0 amide bonds. The third-order valence-electron chi connectivity index (χ3n) is 5.21. The van der Waals surface area contributed by atoms with Gasteiger partial charge in [0.25, 0.3) is 0 Å². The van der Waals surface area contributed by atoms with Crippen molar-refractivity contribution in [1.82, 2.24) is 15.1 Å². The lowest BCUT2D eigenvalue weighted by Crippen LogP contribution is -2.40. The van der Waals surface area contributed by atoms with Gasteiger partial charge in [-0.3, -0.25) is 0 Å². The van der Waals surface area contributed by atoms with E-state index >= 15 is 0 Å². The average Bonchev–Trinajstić information content (AvgIpc) is 3.32. The summed E-state index contributed by atoms with van der Waals surface area (Å²) in [6.07, 6.45) is 3.83. The van der Waals surface area contributed by atoms with Gasteiger partial charge in [0.05, 0.1) is 18.2 Å². The van der Waals surface area contributed by atoms with Crippen molar-refractivity contribution in [2.24, 2.45) is 10.9 Å². The van der Waals surface area contributed by atoms with Crippen molar-refractivity contribution in [3.05, 3.63) is 35.1 Å². The van der Waals surface area contributed by atoms with Crippen LogP contribution in [0.25, 0.3) is 0 Å². The molecular weight excluding hydrogens is 456 g/mol. The van der Waals surface area contributed by atoms with Gasteiger partial charge in [0.15, 0.2) is 5.96 Å². The number of hydrogen-bond donors (Lipinski definition) is 1. The maximum absolute atomic E-state index is 14.0. The summed E-state index contributed by atoms with van der Waals surface area (Å²) in [6, 6.07) is 6.49. The molecule has 1 atom stereocenters. The summed E-state index contributed by atoms with van der Waals surface area (Å²) >= 11 is 0. The van der Waals surface area contributed by atoms with Crippen LogP contribution in [-0.4, -0.2) is 55.0 Å². The highest BCUT2D eigenvalue weighted by Crippen LogP contribution is 2.20. The van der Waals surface area contributed by atoms with Crippen LogP contribution in [0.2, 0.25) is 0 Å². The van der Waals surface area contributed by atoms with Crippen molar-refractivity contribution in [3.63, 3.8) is 0 Å². The fraction of sp³-hybridized carbons (Fsp3) is 0.600. The van der Waals surface area contributed by atoms with Gasteiger partial charge in [-0.15, -0.1) is 24.0 Å². The number of nitriles is 1. The van der Waals surface area contributed by atoms with Crippen LogP contribution in [0, 0.1) is 23.1 Å². The Labute approximate surface area is 178 Å². The largest absolute Gasteiger partial charge is 0.357 e. The van der Waals surface area contributed by atoms with Crippen LogP contribution in [-0.2, 0) is 6.54 Å². The van der Waals surface area contributed by atoms with Crippen LogP contribution in [0.5, 0.6) is 0 Å². The fourth-order valence-electron chi connectivity index (χ4n) is 3.86. The molecule has 3 rings (SSSR count). The van der Waals surface area contributed by atoms with E-state index in [0.717, 1.165) is 25.6 Å². The number of nitrogens with zero attached hydrogens (tertiary/aromatic N) is 4. The van der Waals surface area contributed by atoms with E-state index in [0.29, 0.717) is 17.0 Å². The summed E-state index contributed by atoms with van der Waals surface area (Å²) in [5.74, 6) is 1.21. The van der Waals surface area contributed by atoms with Crippen molar-refractivity contribution in [2.45, 2.75) is 32.7 Å². The summed E-state index contributed by atoms with van der Waals surface area (Å²) in [5.41, 5.74) is 0.931. The Morgan fingerprint density at radius 1 is 1.33 bits per heavy atom. The quantitative estimate of drug-likeness (QED) is 0.396. The molecule has 2 saturated heterocycles. The molecule has 5 nitrogen and oxygen atoms in total. The lowest BCUT2D eigenvalue weighted by molar-refractivity contribution is 0.281. The van der Waals surface area contributed by atoms with E-state index in [1.807, 2.05) is 6.92 Å². The summed E-state index contributed by atoms with van der Waals surface area (Å²) in [6.45, 7) is 8.72. The standard InChI is InChI=1S/C20H28FN5.HI/c1-2-23-20(24-13-18-11-16(12-22)5-6-19(18)21)26-10-7-17(15-26)14-25-8-3-4-9-25;/h5-6,11,17H,2-4,7-10,13-15H2,1H3,(H,23,24);1H. The van der Waals surface area contributed by atoms with Crippen molar-refractivity contribution >= 4 is 29.9 Å². The summed E-state index contributed by atoms with van der Waals surface area (Å²) < 4.78 is 14.0. The van der Waals surface area contributed by atoms with E-state index < -0.39 is 0 Å². The summed E-state index contributed by atoms with van der Waals surface area (Å²) in [5, 5.41) is 12.3. The van der Waals surface area contributed by atoms with Crippen LogP contribution in [0.15, 0.2) is 23.2 Å². The van der Waals surface area contributed by atoms with Crippen molar-refractivity contribution in [2.75, 3.05) is 39.3 Å². The van der Waals surface area contributed by atoms with Crippen LogP contribution >= 0.6 is 24.0 Å². The number of likely N-dealkylation sites (tertiary alicyclic amines) is 2. The normalized spacial score (nSPS) is 20.4. The number of hydrogen-bond acceptors (Lipinski definition) is 3. The van der Waals surface area contributed by atoms with E-state index in [1.54, 1.807) is 6.07 Å². The Balaban J connectivity index is 0.00000261. The zero-order chi connectivity index (χ0) is 18.4. The van der Waals surface area contributed by atoms with Crippen LogP contribution in [0.3, 0.4) is 0 Å². The second kappa shape index (κ2) is 10.8. The Bertz CT molecular complexity index is 681. The van der Waals surface area contributed by atoms with Crippen molar-refractivity contribution < 1.29 is 4.39 Å². The molecular formula is C20H29FIN5. The van der Waals surface area contributed by atoms with Gasteiger partial charge in [0, 0.05) is 31.7 Å². The molecule has 0 spiro atoms. The first-order valence-electron chi connectivity index (χ1n) is 9.63. The van der Waals surface area contributed by atoms with Crippen LogP contribution in [0.4, 0.5) is 4.39 Å². The third kappa shape index (κ3) is 6.04. The molecule has 0 aromatic heterocycles. The number of benzene rings is 1. The van der Waals surface area contributed by atoms with Gasteiger partial charge >= 0.3 is 0 Å². The minimum absolute atomic E-state index is 0. The van der Waals surface area contributed by atoms with Crippen LogP contribution < -0.4 is 5.32 Å². The molecule has 7 heteroatoms. The number of halogens is 2. The maximum atomic E-state index is 14.0. The number of guanidine groups is 1. The Morgan fingerprint density at radius 3 is 2.81 bits per heavy atom. The SMILES string of the molecule is CCNC(=NCc1cc(C#N)ccc1F)N1CCC(CN2CCCC2)C1.I. The first-order chi connectivity index (χ1) is 12.7. The molecule has 0 radical (unpaired) electrons. The van der Waals surface area contributed by atoms with Gasteiger partial charge in [-0.2, -0.15) is 5.26 Å². The van der Waals surface area contributed by atoms with Crippen molar-refractivity contribution in [1.29, 1.82) is 5.26 Å². The maximum Gasteiger partial charge on any atom is 0.194 e. The number of nitrogens with one attached hydrogen (secondary N) is 1. The van der Waals surface area contributed by atoms with Gasteiger partial charge in [0.2, 0.25) is 0 Å². The predicted molar refractivity (Wildman–Crippen MR) is 117 cm³/mol. The molecule has 1 aromatic carbocycles. The van der Waals surface area contributed by atoms with Gasteiger partial charge in [-0.05, 0) is 63.4 Å². The zero-order valence-corrected chi connectivity index (χ0v) is 18.3. The molecule has 1 aromatic rings. The minimum atomic E-state index is -0.308. The highest BCUT2D eigenvalue weighted by Gasteiger charge is 2.27. The van der Waals surface area contributed by atoms with Gasteiger partial charge in [-0.25, -0.2) is 9.38 Å². The molecule has 2 aliphatic heterocycles. The summed E-state index contributed by atoms with van der Waals surface area (Å²) in [4.78, 5) is 9.50. The molecule has 1 N–H and O–H groups in total. The van der Waals surface area contributed by atoms with E-state index in [-0.39, 0.29) is 36.3 Å². The molecule has 2 heterocycles. The highest BCUT2D eigenvalue weighted by molar-refractivity contribution is 14.0. The fourth-order valence-corrected chi connectivity index (χ4v) is 3.86. The Kier molecular flexibility index (Phi) is 8.77. The smallest absolute Gasteiger partial charge is 0.194 e. The average molecular weight is 485 g/mol. The molecule has 0 aliphatic carbocycles. The zero-order valence-electron chi connectivity index (χ0n) is 16.0. The second-order valence-corrected chi connectivity index (χ2v) is 7.20. The highest BCUT2D eigenvalue weighted by atomic mass is 127. The monoisotopic (exact) mass is 485 g/mol. The third-order valence-corrected chi connectivity index (χ3v) is 5.21. The molecule has 2 aliphatic rings.